The van der Waals surface area contributed by atoms with Crippen LogP contribution >= 0.6 is 0 Å². The molecule has 3 N–H and O–H groups in total. The highest BCUT2D eigenvalue weighted by Crippen LogP contribution is 2.33. The summed E-state index contributed by atoms with van der Waals surface area (Å²) < 4.78 is 30.2. The summed E-state index contributed by atoms with van der Waals surface area (Å²) in [6.45, 7) is 6.21. The van der Waals surface area contributed by atoms with Crippen LogP contribution in [0.3, 0.4) is 0 Å². The Labute approximate surface area is 368 Å². The topological polar surface area (TPSA) is 181 Å². The van der Waals surface area contributed by atoms with Crippen LogP contribution in [0.15, 0.2) is 85.6 Å². The summed E-state index contributed by atoms with van der Waals surface area (Å²) in [5, 5.41) is 9.10. The van der Waals surface area contributed by atoms with Gasteiger partial charge in [0, 0.05) is 53.8 Å². The lowest BCUT2D eigenvalue weighted by atomic mass is 9.85. The number of ether oxygens (including phenoxy) is 2. The molecule has 8 aromatic rings. The third kappa shape index (κ3) is 8.37. The monoisotopic (exact) mass is 859 g/mol. The smallest absolute Gasteiger partial charge is 0.354 e. The van der Waals surface area contributed by atoms with E-state index < -0.39 is 11.8 Å². The van der Waals surface area contributed by atoms with Crippen molar-refractivity contribution in [1.82, 2.24) is 44.9 Å². The molecule has 2 aliphatic carbocycles. The summed E-state index contributed by atoms with van der Waals surface area (Å²) in [6.07, 6.45) is 16.8. The summed E-state index contributed by atoms with van der Waals surface area (Å²) in [4.78, 5) is 51.0. The van der Waals surface area contributed by atoms with Crippen LogP contribution in [0, 0.1) is 31.5 Å². The molecule has 0 atom stereocenters. The molecule has 15 heteroatoms. The van der Waals surface area contributed by atoms with Gasteiger partial charge in [-0.05, 0) is 130 Å². The number of aromatic nitrogens is 10. The first kappa shape index (κ1) is 40.9. The summed E-state index contributed by atoms with van der Waals surface area (Å²) >= 11 is 0. The molecule has 324 valence electrons. The van der Waals surface area contributed by atoms with E-state index in [1.165, 1.54) is 18.9 Å². The van der Waals surface area contributed by atoms with Crippen LogP contribution in [0.25, 0.3) is 73.3 Å². The Bertz CT molecular complexity index is 2970. The average molecular weight is 860 g/mol. The van der Waals surface area contributed by atoms with Crippen molar-refractivity contribution in [3.63, 3.8) is 0 Å². The van der Waals surface area contributed by atoms with Gasteiger partial charge in [-0.1, -0.05) is 6.92 Å². The van der Waals surface area contributed by atoms with Crippen LogP contribution in [0.4, 0.5) is 4.39 Å². The van der Waals surface area contributed by atoms with Crippen LogP contribution in [0.2, 0.25) is 0 Å². The fraction of sp³-hybridized carbons (Fsp3) is 0.327. The van der Waals surface area contributed by atoms with E-state index in [4.69, 9.17) is 29.5 Å². The Morgan fingerprint density at radius 1 is 0.703 bits per heavy atom. The van der Waals surface area contributed by atoms with E-state index in [1.54, 1.807) is 41.6 Å². The van der Waals surface area contributed by atoms with E-state index in [-0.39, 0.29) is 30.2 Å². The molecular weight excluding hydrogens is 812 g/mol. The molecule has 0 amide bonds. The van der Waals surface area contributed by atoms with Gasteiger partial charge in [-0.3, -0.25) is 14.8 Å². The van der Waals surface area contributed by atoms with E-state index in [2.05, 4.69) is 36.8 Å². The number of fused-ring (bicyclic) bond motifs is 2. The highest BCUT2D eigenvalue weighted by atomic mass is 19.1. The number of pyridine rings is 4. The molecular formula is C49H48FN10O4+. The van der Waals surface area contributed by atoms with Crippen molar-refractivity contribution in [2.24, 2.45) is 11.8 Å². The molecule has 0 aliphatic heterocycles. The van der Waals surface area contributed by atoms with Gasteiger partial charge < -0.3 is 24.5 Å². The minimum absolute atomic E-state index is 0.0179. The van der Waals surface area contributed by atoms with Gasteiger partial charge in [-0.25, -0.2) is 24.3 Å². The summed E-state index contributed by atoms with van der Waals surface area (Å²) in [5.74, 6) is 1.96. The fourth-order valence-electron chi connectivity index (χ4n) is 9.04. The van der Waals surface area contributed by atoms with E-state index in [0.29, 0.717) is 57.0 Å². The molecule has 2 aliphatic rings. The quantitative estimate of drug-likeness (QED) is 0.105. The van der Waals surface area contributed by atoms with Gasteiger partial charge >= 0.3 is 11.6 Å². The second-order valence-corrected chi connectivity index (χ2v) is 17.3. The van der Waals surface area contributed by atoms with Crippen molar-refractivity contribution in [3.8, 4) is 62.9 Å². The van der Waals surface area contributed by atoms with Crippen molar-refractivity contribution in [2.45, 2.75) is 90.8 Å². The third-order valence-corrected chi connectivity index (χ3v) is 12.7. The first-order valence-corrected chi connectivity index (χ1v) is 22.0. The lowest BCUT2D eigenvalue weighted by molar-refractivity contribution is -0.577. The lowest BCUT2D eigenvalue weighted by Crippen LogP contribution is -2.37. The molecule has 64 heavy (non-hydrogen) atoms. The Morgan fingerprint density at radius 3 is 1.97 bits per heavy atom. The molecule has 0 radical (unpaired) electrons. The van der Waals surface area contributed by atoms with Crippen LogP contribution in [-0.4, -0.2) is 68.1 Å². The second-order valence-electron chi connectivity index (χ2n) is 17.3. The Hall–Kier alpha value is -7.16. The maximum atomic E-state index is 16.2. The number of benzene rings is 1. The molecule has 0 spiro atoms. The summed E-state index contributed by atoms with van der Waals surface area (Å²) in [5.41, 5.74) is 8.66. The van der Waals surface area contributed by atoms with Crippen LogP contribution < -0.4 is 14.0 Å². The van der Waals surface area contributed by atoms with Crippen molar-refractivity contribution >= 4 is 28.2 Å². The number of aromatic amines is 2. The molecule has 10 rings (SSSR count). The number of imidazole rings is 2. The number of aliphatic carboxylic acids is 1. The zero-order valence-corrected chi connectivity index (χ0v) is 35.9. The standard InChI is InChI=1S/C49H47FN10O4/c1-27-4-11-33(12-5-27)63-42-18-9-31(22-54-42)39-20-28(2)35(24-51-39)47-56-37-17-15-36(50)46(45(37)58-47)60-29(3)6-16-38-49(60)59-48(57-38)41-26-52-40(25-53-41)32-10-19-43(55-23-32)64-34-13-7-30(8-14-34)21-44(61)62/h6,9-10,15-20,22-27,30,33-34H,4-5,7-8,11-14,21H2,1-3H3,(H2,56,58,61,62)/p+1. The minimum Gasteiger partial charge on any atom is -0.481 e. The van der Waals surface area contributed by atoms with Gasteiger partial charge in [-0.2, -0.15) is 4.57 Å². The number of hydrogen-bond donors (Lipinski definition) is 3. The number of hydrogen-bond acceptors (Lipinski definition) is 10. The molecule has 0 unspecified atom stereocenters. The Morgan fingerprint density at radius 2 is 1.33 bits per heavy atom. The largest absolute Gasteiger partial charge is 0.481 e. The average Bonchev–Trinajstić information content (AvgIpc) is 3.94. The van der Waals surface area contributed by atoms with E-state index >= 15 is 4.39 Å². The van der Waals surface area contributed by atoms with Crippen LogP contribution in [0.5, 0.6) is 11.8 Å². The SMILES string of the molecule is Cc1cc(-c2ccc(OC3CCC(C)CC3)nc2)ncc1-c1nc2c(-[n+]3c(C)ccc4[nH]c(-c5cnc(-c6ccc(OC7CCC(CC(=O)O)CC7)nc6)cn5)nc43)c(F)ccc2[nH]1. The van der Waals surface area contributed by atoms with Gasteiger partial charge in [0.2, 0.25) is 11.8 Å². The maximum Gasteiger partial charge on any atom is 0.354 e. The predicted molar refractivity (Wildman–Crippen MR) is 238 cm³/mol. The van der Waals surface area contributed by atoms with Crippen LogP contribution in [0.1, 0.15) is 76.0 Å². The third-order valence-electron chi connectivity index (χ3n) is 12.7. The predicted octanol–water partition coefficient (Wildman–Crippen LogP) is 9.48. The Balaban J connectivity index is 0.871. The Kier molecular flexibility index (Phi) is 11.0. The first-order valence-electron chi connectivity index (χ1n) is 22.0. The highest BCUT2D eigenvalue weighted by Gasteiger charge is 2.28. The number of carboxylic acids is 1. The molecule has 7 heterocycles. The number of H-pyrrole nitrogens is 2. The zero-order chi connectivity index (χ0) is 43.9. The molecule has 2 saturated carbocycles. The fourth-order valence-corrected chi connectivity index (χ4v) is 9.04. The number of carboxylic acid groups (broad SMARTS) is 1. The van der Waals surface area contributed by atoms with E-state index in [0.717, 1.165) is 78.1 Å². The number of nitrogens with zero attached hydrogens (tertiary/aromatic N) is 8. The maximum absolute atomic E-state index is 16.2. The summed E-state index contributed by atoms with van der Waals surface area (Å²) in [6, 6.07) is 16.6. The van der Waals surface area contributed by atoms with Crippen molar-refractivity contribution < 1.29 is 28.3 Å². The van der Waals surface area contributed by atoms with Crippen molar-refractivity contribution in [1.29, 1.82) is 0 Å². The summed E-state index contributed by atoms with van der Waals surface area (Å²) in [7, 11) is 0. The minimum atomic E-state index is -0.748. The van der Waals surface area contributed by atoms with Crippen molar-refractivity contribution in [2.75, 3.05) is 0 Å². The highest BCUT2D eigenvalue weighted by molar-refractivity contribution is 5.86. The zero-order valence-electron chi connectivity index (χ0n) is 35.9. The van der Waals surface area contributed by atoms with E-state index in [9.17, 15) is 4.79 Å². The number of carbonyl (C=O) groups is 1. The normalized spacial score (nSPS) is 18.9. The first-order chi connectivity index (χ1) is 31.1. The number of halogens is 1. The second kappa shape index (κ2) is 17.2. The van der Waals surface area contributed by atoms with Crippen molar-refractivity contribution in [3.05, 3.63) is 103 Å². The lowest BCUT2D eigenvalue weighted by Gasteiger charge is -2.27. The molecule has 0 saturated heterocycles. The van der Waals surface area contributed by atoms with Crippen LogP contribution in [-0.2, 0) is 4.79 Å². The van der Waals surface area contributed by atoms with Gasteiger partial charge in [0.05, 0.1) is 29.3 Å². The molecule has 7 aromatic heterocycles. The number of rotatable bonds is 11. The van der Waals surface area contributed by atoms with Gasteiger partial charge in [-0.15, -0.1) is 0 Å². The van der Waals surface area contributed by atoms with Gasteiger partial charge in [0.1, 0.15) is 34.8 Å². The number of nitrogens with one attached hydrogen (secondary N) is 2. The van der Waals surface area contributed by atoms with Gasteiger partial charge in [0.25, 0.3) is 5.82 Å². The molecule has 1 aromatic carbocycles. The molecule has 2 fully saturated rings. The van der Waals surface area contributed by atoms with Gasteiger partial charge in [0.15, 0.2) is 17.2 Å². The number of aryl methyl sites for hydroxylation is 2. The van der Waals surface area contributed by atoms with E-state index in [1.807, 2.05) is 56.3 Å². The molecule has 14 nitrogen and oxygen atoms in total. The molecule has 0 bridgehead atoms.